The lowest BCUT2D eigenvalue weighted by atomic mass is 9.44. The van der Waals surface area contributed by atoms with Gasteiger partial charge in [0.2, 0.25) is 0 Å². The first-order valence-electron chi connectivity index (χ1n) is 13.8. The summed E-state index contributed by atoms with van der Waals surface area (Å²) < 4.78 is 18.9. The second-order valence-electron chi connectivity index (χ2n) is 13.7. The van der Waals surface area contributed by atoms with Crippen LogP contribution in [0.1, 0.15) is 85.5 Å². The van der Waals surface area contributed by atoms with E-state index in [-0.39, 0.29) is 24.0 Å². The molecule has 4 aliphatic carbocycles. The van der Waals surface area contributed by atoms with Crippen LogP contribution in [0.15, 0.2) is 0 Å². The fourth-order valence-electron chi connectivity index (χ4n) is 10.7. The average molecular weight is 463 g/mol. The van der Waals surface area contributed by atoms with Gasteiger partial charge >= 0.3 is 0 Å². The normalized spacial score (nSPS) is 62.1. The highest BCUT2D eigenvalue weighted by Gasteiger charge is 2.72. The maximum Gasteiger partial charge on any atom is 0.198 e. The lowest BCUT2D eigenvalue weighted by Crippen LogP contribution is -2.55. The molecule has 0 aromatic carbocycles. The predicted molar refractivity (Wildman–Crippen MR) is 125 cm³/mol. The van der Waals surface area contributed by atoms with E-state index in [0.717, 1.165) is 24.2 Å². The van der Waals surface area contributed by atoms with Crippen LogP contribution in [0.25, 0.3) is 0 Å². The van der Waals surface area contributed by atoms with E-state index in [4.69, 9.17) is 14.2 Å². The van der Waals surface area contributed by atoms with Crippen molar-refractivity contribution >= 4 is 0 Å². The van der Waals surface area contributed by atoms with Gasteiger partial charge in [-0.15, -0.1) is 0 Å². The van der Waals surface area contributed by atoms with E-state index in [9.17, 15) is 10.2 Å². The monoisotopic (exact) mass is 462 g/mol. The molecule has 6 rings (SSSR count). The molecule has 2 N–H and O–H groups in total. The fourth-order valence-corrected chi connectivity index (χ4v) is 10.7. The van der Waals surface area contributed by atoms with Gasteiger partial charge < -0.3 is 24.4 Å². The van der Waals surface area contributed by atoms with Crippen LogP contribution in [0.5, 0.6) is 0 Å². The lowest BCUT2D eigenvalue weighted by Gasteiger charge is -2.61. The molecule has 6 aliphatic rings. The Morgan fingerprint density at radius 3 is 2.42 bits per heavy atom. The molecule has 2 saturated heterocycles. The van der Waals surface area contributed by atoms with Crippen molar-refractivity contribution in [2.24, 2.45) is 46.3 Å². The summed E-state index contributed by atoms with van der Waals surface area (Å²) in [5, 5.41) is 21.0. The first-order valence-corrected chi connectivity index (χ1v) is 13.8. The molecular weight excluding hydrogens is 416 g/mol. The molecule has 0 bridgehead atoms. The number of ether oxygens (including phenoxy) is 3. The van der Waals surface area contributed by atoms with Crippen LogP contribution in [0.3, 0.4) is 0 Å². The molecule has 2 aliphatic heterocycles. The Balaban J connectivity index is 1.26. The first-order chi connectivity index (χ1) is 15.6. The molecule has 6 fully saturated rings. The molecule has 5 heteroatoms. The molecule has 0 radical (unpaired) electrons. The zero-order chi connectivity index (χ0) is 23.4. The first kappa shape index (κ1) is 23.2. The van der Waals surface area contributed by atoms with Gasteiger partial charge in [0.05, 0.1) is 24.4 Å². The van der Waals surface area contributed by atoms with Gasteiger partial charge in [0, 0.05) is 19.4 Å². The van der Waals surface area contributed by atoms with Gasteiger partial charge in [-0.3, -0.25) is 0 Å². The minimum absolute atomic E-state index is 0.0788. The summed E-state index contributed by atoms with van der Waals surface area (Å²) in [6.07, 6.45) is 10.7. The standard InChI is InChI=1S/C28H46O5/c1-16-24-22(32-28(16)23(30)14-25(2,15-29)33-28)13-21-19-7-6-17-12-18(31-5)8-10-26(17,3)20(19)9-11-27(21,24)4/h16-24,29-30H,6-15H2,1-5H3/t16-,17-,18-,19+,20-,21-,22-,23+,24-,25+,26-,27-,28-/m0/s1. The largest absolute Gasteiger partial charge is 0.393 e. The van der Waals surface area contributed by atoms with E-state index >= 15 is 0 Å². The molecule has 0 amide bonds. The highest BCUT2D eigenvalue weighted by molar-refractivity contribution is 5.17. The molecule has 2 heterocycles. The average Bonchev–Trinajstić information content (AvgIpc) is 3.34. The quantitative estimate of drug-likeness (QED) is 0.631. The third-order valence-corrected chi connectivity index (χ3v) is 12.4. The van der Waals surface area contributed by atoms with Gasteiger partial charge in [-0.05, 0) is 98.7 Å². The number of hydrogen-bond acceptors (Lipinski definition) is 5. The van der Waals surface area contributed by atoms with E-state index < -0.39 is 17.5 Å². The molecule has 0 unspecified atom stereocenters. The van der Waals surface area contributed by atoms with Crippen molar-refractivity contribution < 1.29 is 24.4 Å². The Bertz CT molecular complexity index is 788. The summed E-state index contributed by atoms with van der Waals surface area (Å²) >= 11 is 0. The van der Waals surface area contributed by atoms with E-state index in [2.05, 4.69) is 20.8 Å². The summed E-state index contributed by atoms with van der Waals surface area (Å²) in [7, 11) is 1.89. The summed E-state index contributed by atoms with van der Waals surface area (Å²) in [5.41, 5.74) is 0.0135. The second kappa shape index (κ2) is 7.41. The summed E-state index contributed by atoms with van der Waals surface area (Å²) in [5.74, 6) is 2.79. The van der Waals surface area contributed by atoms with Gasteiger partial charge in [-0.2, -0.15) is 0 Å². The number of methoxy groups -OCH3 is 1. The summed E-state index contributed by atoms with van der Waals surface area (Å²) in [6, 6.07) is 0. The SMILES string of the molecule is CO[C@H]1CC[C@@]2(C)[C@@H](CC[C@@H]3[C@@H]2CC[C@]2(C)[C@@H]4[C@H](C[C@@H]32)O[C@]2(O[C@@](C)(CO)C[C@H]2O)[C@H]4C)C1. The van der Waals surface area contributed by atoms with Crippen molar-refractivity contribution in [3.05, 3.63) is 0 Å². The van der Waals surface area contributed by atoms with E-state index in [1.165, 1.54) is 44.9 Å². The summed E-state index contributed by atoms with van der Waals surface area (Å²) in [6.45, 7) is 9.24. The second-order valence-corrected chi connectivity index (χ2v) is 13.7. The van der Waals surface area contributed by atoms with E-state index in [1.54, 1.807) is 0 Å². The topological polar surface area (TPSA) is 68.2 Å². The Morgan fingerprint density at radius 2 is 1.73 bits per heavy atom. The minimum Gasteiger partial charge on any atom is -0.393 e. The van der Waals surface area contributed by atoms with Crippen molar-refractivity contribution in [1.82, 2.24) is 0 Å². The van der Waals surface area contributed by atoms with Crippen molar-refractivity contribution in [3.8, 4) is 0 Å². The summed E-state index contributed by atoms with van der Waals surface area (Å²) in [4.78, 5) is 0. The van der Waals surface area contributed by atoms with Crippen LogP contribution in [0.2, 0.25) is 0 Å². The number of fused-ring (bicyclic) bond motifs is 7. The molecule has 0 aromatic rings. The fraction of sp³-hybridized carbons (Fsp3) is 1.00. The zero-order valence-corrected chi connectivity index (χ0v) is 21.4. The van der Waals surface area contributed by atoms with Crippen LogP contribution < -0.4 is 0 Å². The Morgan fingerprint density at radius 1 is 0.970 bits per heavy atom. The highest BCUT2D eigenvalue weighted by Crippen LogP contribution is 2.71. The molecule has 33 heavy (non-hydrogen) atoms. The third-order valence-electron chi connectivity index (χ3n) is 12.4. The number of rotatable bonds is 2. The minimum atomic E-state index is -0.945. The lowest BCUT2D eigenvalue weighted by molar-refractivity contribution is -0.285. The predicted octanol–water partition coefficient (Wildman–Crippen LogP) is 4.53. The maximum atomic E-state index is 11.1. The van der Waals surface area contributed by atoms with Crippen molar-refractivity contribution in [2.75, 3.05) is 13.7 Å². The smallest absolute Gasteiger partial charge is 0.198 e. The van der Waals surface area contributed by atoms with Crippen LogP contribution in [0, 0.1) is 46.3 Å². The van der Waals surface area contributed by atoms with Crippen LogP contribution in [0.4, 0.5) is 0 Å². The Hall–Kier alpha value is -0.200. The van der Waals surface area contributed by atoms with Crippen molar-refractivity contribution in [3.63, 3.8) is 0 Å². The Labute approximate surface area is 199 Å². The number of hydrogen-bond donors (Lipinski definition) is 2. The maximum absolute atomic E-state index is 11.1. The van der Waals surface area contributed by atoms with Gasteiger partial charge in [0.25, 0.3) is 0 Å². The number of aliphatic hydroxyl groups excluding tert-OH is 2. The van der Waals surface area contributed by atoms with Crippen LogP contribution >= 0.6 is 0 Å². The van der Waals surface area contributed by atoms with Gasteiger partial charge in [-0.25, -0.2) is 0 Å². The molecular formula is C28H46O5. The van der Waals surface area contributed by atoms with E-state index in [1.807, 2.05) is 14.0 Å². The molecule has 13 atom stereocenters. The molecule has 1 spiro atoms. The van der Waals surface area contributed by atoms with Gasteiger partial charge in [0.15, 0.2) is 5.79 Å². The highest BCUT2D eigenvalue weighted by atomic mass is 16.7. The molecule has 188 valence electrons. The van der Waals surface area contributed by atoms with Crippen LogP contribution in [-0.4, -0.2) is 53.6 Å². The molecule has 5 nitrogen and oxygen atoms in total. The van der Waals surface area contributed by atoms with Crippen molar-refractivity contribution in [2.45, 2.75) is 115 Å². The van der Waals surface area contributed by atoms with Gasteiger partial charge in [-0.1, -0.05) is 20.8 Å². The van der Waals surface area contributed by atoms with Crippen molar-refractivity contribution in [1.29, 1.82) is 0 Å². The van der Waals surface area contributed by atoms with E-state index in [0.29, 0.717) is 29.8 Å². The molecule has 4 saturated carbocycles. The van der Waals surface area contributed by atoms with Crippen LogP contribution in [-0.2, 0) is 14.2 Å². The molecule has 0 aromatic heterocycles. The Kier molecular flexibility index (Phi) is 5.21. The number of aliphatic hydroxyl groups is 2. The van der Waals surface area contributed by atoms with Gasteiger partial charge in [0.1, 0.15) is 6.10 Å². The zero-order valence-electron chi connectivity index (χ0n) is 21.4. The third kappa shape index (κ3) is 2.95.